The molecule has 1 aliphatic rings. The summed E-state index contributed by atoms with van der Waals surface area (Å²) < 4.78 is 1.56. The zero-order chi connectivity index (χ0) is 7.94. The van der Waals surface area contributed by atoms with Gasteiger partial charge in [-0.25, -0.2) is 0 Å². The Kier molecular flexibility index (Phi) is 2.31. The highest BCUT2D eigenvalue weighted by atomic mass is 79.9. The molecule has 0 N–H and O–H groups in total. The summed E-state index contributed by atoms with van der Waals surface area (Å²) in [6, 6.07) is 0. The number of alkyl halides is 1. The lowest BCUT2D eigenvalue weighted by Crippen LogP contribution is -2.00. The van der Waals surface area contributed by atoms with E-state index >= 15 is 0 Å². The van der Waals surface area contributed by atoms with E-state index in [-0.39, 0.29) is 4.32 Å². The van der Waals surface area contributed by atoms with Gasteiger partial charge >= 0.3 is 0 Å². The van der Waals surface area contributed by atoms with Crippen LogP contribution in [0.4, 0.5) is 0 Å². The Labute approximate surface area is 79.3 Å². The molecule has 0 unspecified atom stereocenters. The van der Waals surface area contributed by atoms with Crippen molar-refractivity contribution in [2.45, 2.75) is 25.1 Å². The molecule has 58 valence electrons. The quantitative estimate of drug-likeness (QED) is 0.636. The van der Waals surface area contributed by atoms with E-state index in [1.807, 2.05) is 0 Å². The molecule has 0 amide bonds. The van der Waals surface area contributed by atoms with Gasteiger partial charge in [-0.2, -0.15) is 0 Å². The molecule has 0 aromatic rings. The summed E-state index contributed by atoms with van der Waals surface area (Å²) >= 11 is 7.29. The van der Waals surface area contributed by atoms with Crippen molar-refractivity contribution in [2.24, 2.45) is 11.8 Å². The maximum atomic E-state index is 3.73. The first-order valence-electron chi connectivity index (χ1n) is 3.56. The highest BCUT2D eigenvalue weighted by Gasteiger charge is 2.58. The molecule has 0 spiro atoms. The first kappa shape index (κ1) is 8.79. The van der Waals surface area contributed by atoms with E-state index in [1.54, 1.807) is 0 Å². The van der Waals surface area contributed by atoms with Crippen LogP contribution < -0.4 is 0 Å². The van der Waals surface area contributed by atoms with E-state index in [0.29, 0.717) is 0 Å². The van der Waals surface area contributed by atoms with Crippen LogP contribution in [0.1, 0.15) is 20.8 Å². The molecule has 1 rings (SSSR count). The number of hydrogen-bond acceptors (Lipinski definition) is 0. The van der Waals surface area contributed by atoms with Gasteiger partial charge < -0.3 is 0 Å². The highest BCUT2D eigenvalue weighted by Crippen LogP contribution is 2.62. The Balaban J connectivity index is 2.75. The van der Waals surface area contributed by atoms with Gasteiger partial charge in [0, 0.05) is 4.48 Å². The molecule has 1 aliphatic carbocycles. The lowest BCUT2D eigenvalue weighted by molar-refractivity contribution is 0.834. The molecule has 2 heteroatoms. The number of rotatable bonds is 1. The minimum atomic E-state index is 0.266. The van der Waals surface area contributed by atoms with Crippen LogP contribution in [0, 0.1) is 11.8 Å². The topological polar surface area (TPSA) is 0 Å². The van der Waals surface area contributed by atoms with Crippen LogP contribution in [0.3, 0.4) is 0 Å². The molecule has 0 radical (unpaired) electrons. The van der Waals surface area contributed by atoms with Gasteiger partial charge in [0.25, 0.3) is 0 Å². The van der Waals surface area contributed by atoms with Crippen molar-refractivity contribution >= 4 is 31.9 Å². The van der Waals surface area contributed by atoms with E-state index in [4.69, 9.17) is 0 Å². The molecule has 1 fully saturated rings. The summed E-state index contributed by atoms with van der Waals surface area (Å²) in [4.78, 5) is 0. The van der Waals surface area contributed by atoms with Gasteiger partial charge in [0.05, 0.1) is 4.32 Å². The van der Waals surface area contributed by atoms with Gasteiger partial charge in [0.2, 0.25) is 0 Å². The van der Waals surface area contributed by atoms with Crippen LogP contribution in [0.5, 0.6) is 0 Å². The Morgan fingerprint density at radius 3 is 1.90 bits per heavy atom. The standard InChI is InChI=1S/C8H12Br2/c1-4-7(9)8(10)5(2)6(8)3/h4-6H,1-3H3/b7-4-/t5-,6-/m0/s1. The van der Waals surface area contributed by atoms with E-state index in [9.17, 15) is 0 Å². The fourth-order valence-electron chi connectivity index (χ4n) is 1.38. The van der Waals surface area contributed by atoms with Crippen molar-refractivity contribution in [3.63, 3.8) is 0 Å². The van der Waals surface area contributed by atoms with Gasteiger partial charge in [-0.3, -0.25) is 0 Å². The fourth-order valence-corrected chi connectivity index (χ4v) is 2.99. The lowest BCUT2D eigenvalue weighted by atomic mass is 10.3. The smallest absolute Gasteiger partial charge is 0.0625 e. The summed E-state index contributed by atoms with van der Waals surface area (Å²) in [6.07, 6.45) is 2.12. The molecule has 0 aliphatic heterocycles. The molecule has 0 aromatic carbocycles. The number of halogens is 2. The predicted molar refractivity (Wildman–Crippen MR) is 52.7 cm³/mol. The van der Waals surface area contributed by atoms with Crippen molar-refractivity contribution in [2.75, 3.05) is 0 Å². The zero-order valence-corrected chi connectivity index (χ0v) is 9.66. The highest BCUT2D eigenvalue weighted by molar-refractivity contribution is 9.14. The Hall–Kier alpha value is 0.700. The maximum Gasteiger partial charge on any atom is 0.0625 e. The largest absolute Gasteiger partial charge is 0.0789 e. The molecule has 0 nitrogen and oxygen atoms in total. The SMILES string of the molecule is C/C=C(\Br)C1(Br)[C@@H](C)[C@@H]1C. The van der Waals surface area contributed by atoms with Gasteiger partial charge in [-0.05, 0) is 18.8 Å². The molecule has 1 saturated carbocycles. The van der Waals surface area contributed by atoms with Crippen LogP contribution in [-0.4, -0.2) is 4.32 Å². The maximum absolute atomic E-state index is 3.73. The summed E-state index contributed by atoms with van der Waals surface area (Å²) in [7, 11) is 0. The minimum Gasteiger partial charge on any atom is -0.0789 e. The Bertz CT molecular complexity index is 164. The van der Waals surface area contributed by atoms with Crippen LogP contribution in [-0.2, 0) is 0 Å². The van der Waals surface area contributed by atoms with Crippen molar-refractivity contribution in [1.29, 1.82) is 0 Å². The molecular weight excluding hydrogens is 256 g/mol. The monoisotopic (exact) mass is 266 g/mol. The van der Waals surface area contributed by atoms with Crippen LogP contribution in [0.15, 0.2) is 10.6 Å². The Morgan fingerprint density at radius 1 is 1.40 bits per heavy atom. The van der Waals surface area contributed by atoms with Crippen LogP contribution in [0.2, 0.25) is 0 Å². The van der Waals surface area contributed by atoms with Gasteiger partial charge in [-0.1, -0.05) is 51.8 Å². The molecule has 2 atom stereocenters. The van der Waals surface area contributed by atoms with E-state index < -0.39 is 0 Å². The summed E-state index contributed by atoms with van der Waals surface area (Å²) in [5, 5.41) is 0. The molecule has 0 bridgehead atoms. The van der Waals surface area contributed by atoms with Gasteiger partial charge in [-0.15, -0.1) is 0 Å². The molecule has 10 heavy (non-hydrogen) atoms. The molecular formula is C8H12Br2. The predicted octanol–water partition coefficient (Wildman–Crippen LogP) is 3.70. The third-order valence-electron chi connectivity index (χ3n) is 2.59. The van der Waals surface area contributed by atoms with Crippen molar-refractivity contribution in [1.82, 2.24) is 0 Å². The van der Waals surface area contributed by atoms with Crippen molar-refractivity contribution in [3.8, 4) is 0 Å². The minimum absolute atomic E-state index is 0.266. The van der Waals surface area contributed by atoms with Crippen molar-refractivity contribution in [3.05, 3.63) is 10.6 Å². The summed E-state index contributed by atoms with van der Waals surface area (Å²) in [5.74, 6) is 1.52. The zero-order valence-electron chi connectivity index (χ0n) is 6.49. The normalized spacial score (nSPS) is 47.5. The lowest BCUT2D eigenvalue weighted by Gasteiger charge is -2.05. The Morgan fingerprint density at radius 2 is 1.80 bits per heavy atom. The molecule has 0 heterocycles. The number of hydrogen-bond donors (Lipinski definition) is 0. The summed E-state index contributed by atoms with van der Waals surface area (Å²) in [6.45, 7) is 6.60. The second-order valence-electron chi connectivity index (χ2n) is 2.98. The fraction of sp³-hybridized carbons (Fsp3) is 0.750. The second kappa shape index (κ2) is 2.63. The average Bonchev–Trinajstić information content (AvgIpc) is 2.41. The van der Waals surface area contributed by atoms with Crippen LogP contribution in [0.25, 0.3) is 0 Å². The molecule has 0 saturated heterocycles. The van der Waals surface area contributed by atoms with Crippen molar-refractivity contribution < 1.29 is 0 Å². The van der Waals surface area contributed by atoms with Gasteiger partial charge in [0.15, 0.2) is 0 Å². The number of allylic oxidation sites excluding steroid dienone is 2. The average molecular weight is 268 g/mol. The van der Waals surface area contributed by atoms with E-state index in [2.05, 4.69) is 58.7 Å². The van der Waals surface area contributed by atoms with E-state index in [0.717, 1.165) is 11.8 Å². The van der Waals surface area contributed by atoms with E-state index in [1.165, 1.54) is 4.48 Å². The molecule has 0 aromatic heterocycles. The first-order chi connectivity index (χ1) is 4.55. The summed E-state index contributed by atoms with van der Waals surface area (Å²) in [5.41, 5.74) is 0. The second-order valence-corrected chi connectivity index (χ2v) is 5.15. The third-order valence-corrected chi connectivity index (χ3v) is 6.10. The van der Waals surface area contributed by atoms with Crippen LogP contribution >= 0.6 is 31.9 Å². The third kappa shape index (κ3) is 1.00. The first-order valence-corrected chi connectivity index (χ1v) is 5.15. The van der Waals surface area contributed by atoms with Gasteiger partial charge in [0.1, 0.15) is 0 Å².